The third-order valence-corrected chi connectivity index (χ3v) is 5.65. The molecule has 0 radical (unpaired) electrons. The van der Waals surface area contributed by atoms with Crippen molar-refractivity contribution < 1.29 is 13.2 Å². The molecular formula is C18H23N3O3S2. The Hall–Kier alpha value is -2.06. The molecule has 140 valence electrons. The van der Waals surface area contributed by atoms with E-state index in [4.69, 9.17) is 0 Å². The highest BCUT2D eigenvalue weighted by Gasteiger charge is 2.33. The van der Waals surface area contributed by atoms with Crippen LogP contribution in [-0.4, -0.2) is 31.6 Å². The Morgan fingerprint density at radius 1 is 1.31 bits per heavy atom. The van der Waals surface area contributed by atoms with E-state index in [0.717, 1.165) is 24.7 Å². The summed E-state index contributed by atoms with van der Waals surface area (Å²) in [5.41, 5.74) is 1.34. The molecule has 3 rings (SSSR count). The minimum Gasteiger partial charge on any atom is -0.331 e. The molecule has 0 saturated heterocycles. The normalized spacial score (nSPS) is 15.3. The fourth-order valence-corrected chi connectivity index (χ4v) is 4.02. The topological polar surface area (TPSA) is 78.5 Å². The maximum atomic E-state index is 12.8. The van der Waals surface area contributed by atoms with E-state index in [9.17, 15) is 13.2 Å². The third kappa shape index (κ3) is 5.22. The lowest BCUT2D eigenvalue weighted by molar-refractivity contribution is 0.189. The van der Waals surface area contributed by atoms with E-state index in [-0.39, 0.29) is 12.1 Å². The predicted octanol–water partition coefficient (Wildman–Crippen LogP) is 3.55. The standard InChI is InChI=1S/C18H23N3O3S2/c1-13(14-5-3-6-15(11-14)20-26(2,23)24)19-18(22)21(16-8-9-16)12-17-7-4-10-25-17/h3-7,10-11,13,16,20H,8-9,12H2,1-2H3,(H,19,22). The van der Waals surface area contributed by atoms with Gasteiger partial charge in [-0.05, 0) is 48.9 Å². The van der Waals surface area contributed by atoms with E-state index in [1.54, 1.807) is 29.5 Å². The van der Waals surface area contributed by atoms with Crippen LogP contribution in [0.3, 0.4) is 0 Å². The molecule has 1 aromatic heterocycles. The van der Waals surface area contributed by atoms with Gasteiger partial charge in [-0.1, -0.05) is 18.2 Å². The fraction of sp³-hybridized carbons (Fsp3) is 0.389. The van der Waals surface area contributed by atoms with Gasteiger partial charge in [-0.25, -0.2) is 13.2 Å². The molecule has 2 amide bonds. The molecule has 1 aliphatic carbocycles. The average Bonchev–Trinajstić information content (AvgIpc) is 3.27. The van der Waals surface area contributed by atoms with Gasteiger partial charge < -0.3 is 10.2 Å². The maximum Gasteiger partial charge on any atom is 0.318 e. The van der Waals surface area contributed by atoms with Crippen molar-refractivity contribution in [3.63, 3.8) is 0 Å². The quantitative estimate of drug-likeness (QED) is 0.755. The first-order valence-corrected chi connectivity index (χ1v) is 11.3. The molecule has 6 nitrogen and oxygen atoms in total. The number of amides is 2. The van der Waals surface area contributed by atoms with Gasteiger partial charge >= 0.3 is 6.03 Å². The van der Waals surface area contributed by atoms with Crippen LogP contribution in [0.15, 0.2) is 41.8 Å². The summed E-state index contributed by atoms with van der Waals surface area (Å²) in [5, 5.41) is 5.05. The number of carbonyl (C=O) groups is 1. The minimum absolute atomic E-state index is 0.0881. The summed E-state index contributed by atoms with van der Waals surface area (Å²) in [5.74, 6) is 0. The van der Waals surface area contributed by atoms with Gasteiger partial charge in [-0.3, -0.25) is 4.72 Å². The molecule has 1 aliphatic rings. The van der Waals surface area contributed by atoms with E-state index < -0.39 is 10.0 Å². The van der Waals surface area contributed by atoms with Crippen molar-refractivity contribution in [3.8, 4) is 0 Å². The maximum absolute atomic E-state index is 12.8. The zero-order valence-electron chi connectivity index (χ0n) is 14.8. The molecule has 1 unspecified atom stereocenters. The molecule has 1 aromatic carbocycles. The number of sulfonamides is 1. The SMILES string of the molecule is CC(NC(=O)N(Cc1cccs1)C1CC1)c1cccc(NS(C)(=O)=O)c1. The van der Waals surface area contributed by atoms with Crippen molar-refractivity contribution in [2.45, 2.75) is 38.4 Å². The molecule has 8 heteroatoms. The highest BCUT2D eigenvalue weighted by Crippen LogP contribution is 2.30. The molecule has 26 heavy (non-hydrogen) atoms. The number of thiophene rings is 1. The van der Waals surface area contributed by atoms with Crippen molar-refractivity contribution in [1.82, 2.24) is 10.2 Å². The lowest BCUT2D eigenvalue weighted by atomic mass is 10.1. The summed E-state index contributed by atoms with van der Waals surface area (Å²) in [4.78, 5) is 15.8. The lowest BCUT2D eigenvalue weighted by Crippen LogP contribution is -2.41. The fourth-order valence-electron chi connectivity index (χ4n) is 2.76. The second kappa shape index (κ2) is 7.67. The Morgan fingerprint density at radius 2 is 2.08 bits per heavy atom. The minimum atomic E-state index is -3.33. The first kappa shape index (κ1) is 18.7. The first-order valence-electron chi connectivity index (χ1n) is 8.49. The summed E-state index contributed by atoms with van der Waals surface area (Å²) < 4.78 is 25.3. The molecule has 0 bridgehead atoms. The van der Waals surface area contributed by atoms with Gasteiger partial charge in [0, 0.05) is 16.6 Å². The van der Waals surface area contributed by atoms with Crippen molar-refractivity contribution in [1.29, 1.82) is 0 Å². The molecule has 0 aliphatic heterocycles. The highest BCUT2D eigenvalue weighted by atomic mass is 32.2. The molecule has 1 atom stereocenters. The van der Waals surface area contributed by atoms with Crippen LogP contribution in [0.2, 0.25) is 0 Å². The van der Waals surface area contributed by atoms with Gasteiger partial charge in [-0.2, -0.15) is 0 Å². The predicted molar refractivity (Wildman–Crippen MR) is 105 cm³/mol. The van der Waals surface area contributed by atoms with Crippen LogP contribution in [0.5, 0.6) is 0 Å². The molecule has 1 saturated carbocycles. The second-order valence-electron chi connectivity index (χ2n) is 6.61. The van der Waals surface area contributed by atoms with Crippen LogP contribution in [0.25, 0.3) is 0 Å². The Morgan fingerprint density at radius 3 is 2.69 bits per heavy atom. The number of benzene rings is 1. The largest absolute Gasteiger partial charge is 0.331 e. The average molecular weight is 394 g/mol. The highest BCUT2D eigenvalue weighted by molar-refractivity contribution is 7.92. The van der Waals surface area contributed by atoms with Crippen LogP contribution < -0.4 is 10.0 Å². The van der Waals surface area contributed by atoms with Gasteiger partial charge in [0.15, 0.2) is 0 Å². The van der Waals surface area contributed by atoms with Crippen molar-refractivity contribution in [3.05, 3.63) is 52.2 Å². The summed E-state index contributed by atoms with van der Waals surface area (Å²) in [6.07, 6.45) is 3.20. The number of rotatable bonds is 7. The van der Waals surface area contributed by atoms with Gasteiger partial charge in [0.1, 0.15) is 0 Å². The number of anilines is 1. The van der Waals surface area contributed by atoms with E-state index in [2.05, 4.69) is 10.0 Å². The lowest BCUT2D eigenvalue weighted by Gasteiger charge is -2.25. The van der Waals surface area contributed by atoms with Crippen molar-refractivity contribution in [2.24, 2.45) is 0 Å². The monoisotopic (exact) mass is 393 g/mol. The second-order valence-corrected chi connectivity index (χ2v) is 9.39. The summed E-state index contributed by atoms with van der Waals surface area (Å²) in [7, 11) is -3.33. The van der Waals surface area contributed by atoms with E-state index >= 15 is 0 Å². The van der Waals surface area contributed by atoms with Crippen LogP contribution in [0, 0.1) is 0 Å². The van der Waals surface area contributed by atoms with Gasteiger partial charge in [0.05, 0.1) is 18.8 Å². The van der Waals surface area contributed by atoms with E-state index in [1.807, 2.05) is 35.4 Å². The van der Waals surface area contributed by atoms with Crippen molar-refractivity contribution in [2.75, 3.05) is 11.0 Å². The summed E-state index contributed by atoms with van der Waals surface area (Å²) in [6.45, 7) is 2.52. The summed E-state index contributed by atoms with van der Waals surface area (Å²) in [6, 6.07) is 11.1. The van der Waals surface area contributed by atoms with Crippen LogP contribution in [0.4, 0.5) is 10.5 Å². The Labute approximate surface area is 158 Å². The number of carbonyl (C=O) groups excluding carboxylic acids is 1. The van der Waals surface area contributed by atoms with Crippen LogP contribution in [-0.2, 0) is 16.6 Å². The van der Waals surface area contributed by atoms with Crippen molar-refractivity contribution >= 4 is 33.1 Å². The zero-order chi connectivity index (χ0) is 18.7. The van der Waals surface area contributed by atoms with E-state index in [1.165, 1.54) is 4.88 Å². The van der Waals surface area contributed by atoms with Gasteiger partial charge in [-0.15, -0.1) is 11.3 Å². The van der Waals surface area contributed by atoms with Crippen LogP contribution in [0.1, 0.15) is 36.2 Å². The number of hydrogen-bond donors (Lipinski definition) is 2. The molecule has 1 fully saturated rings. The third-order valence-electron chi connectivity index (χ3n) is 4.18. The number of urea groups is 1. The van der Waals surface area contributed by atoms with Gasteiger partial charge in [0.25, 0.3) is 0 Å². The molecular weight excluding hydrogens is 370 g/mol. The molecule has 2 aromatic rings. The molecule has 2 N–H and O–H groups in total. The number of nitrogens with zero attached hydrogens (tertiary/aromatic N) is 1. The smallest absolute Gasteiger partial charge is 0.318 e. The molecule has 1 heterocycles. The Bertz CT molecular complexity index is 862. The first-order chi connectivity index (χ1) is 12.3. The molecule has 0 spiro atoms. The van der Waals surface area contributed by atoms with E-state index in [0.29, 0.717) is 18.3 Å². The number of nitrogens with one attached hydrogen (secondary N) is 2. The Kier molecular flexibility index (Phi) is 5.52. The number of hydrogen-bond acceptors (Lipinski definition) is 4. The summed E-state index contributed by atoms with van der Waals surface area (Å²) >= 11 is 1.65. The van der Waals surface area contributed by atoms with Crippen LogP contribution >= 0.6 is 11.3 Å². The zero-order valence-corrected chi connectivity index (χ0v) is 16.4. The van der Waals surface area contributed by atoms with Gasteiger partial charge in [0.2, 0.25) is 10.0 Å². The Balaban J connectivity index is 1.67.